The van der Waals surface area contributed by atoms with Crippen molar-refractivity contribution in [3.63, 3.8) is 0 Å². The van der Waals surface area contributed by atoms with Crippen LogP contribution in [0.1, 0.15) is 43.7 Å². The molecule has 5 heteroatoms. The Hall–Kier alpha value is -0.680. The summed E-state index contributed by atoms with van der Waals surface area (Å²) in [4.78, 5) is 12.0. The number of nitrogens with zero attached hydrogens (tertiary/aromatic N) is 2. The summed E-state index contributed by atoms with van der Waals surface area (Å²) in [5, 5.41) is 7.34. The molecule has 0 saturated carbocycles. The third-order valence-corrected chi connectivity index (χ3v) is 2.86. The fourth-order valence-corrected chi connectivity index (χ4v) is 1.99. The van der Waals surface area contributed by atoms with Gasteiger partial charge in [-0.3, -0.25) is 9.48 Å². The largest absolute Gasteiger partial charge is 0.317 e. The molecule has 1 aromatic rings. The summed E-state index contributed by atoms with van der Waals surface area (Å²) in [5.41, 5.74) is 0.674. The minimum atomic E-state index is 0.124. The minimum Gasteiger partial charge on any atom is -0.317 e. The maximum Gasteiger partial charge on any atom is 0.183 e. The zero-order valence-electron chi connectivity index (χ0n) is 9.96. The molecule has 0 aliphatic rings. The van der Waals surface area contributed by atoms with Gasteiger partial charge in [0.25, 0.3) is 0 Å². The van der Waals surface area contributed by atoms with Crippen LogP contribution in [0.5, 0.6) is 0 Å². The molecule has 90 valence electrons. The molecule has 1 aromatic heterocycles. The first-order valence-corrected chi connectivity index (χ1v) is 6.34. The van der Waals surface area contributed by atoms with Crippen LogP contribution in [0, 0.1) is 0 Å². The second-order valence-electron chi connectivity index (χ2n) is 3.91. The van der Waals surface area contributed by atoms with Crippen molar-refractivity contribution >= 4 is 21.7 Å². The first-order valence-electron chi connectivity index (χ1n) is 5.54. The molecule has 0 saturated heterocycles. The SMILES string of the molecule is CCNCCC(=O)c1c(Br)cnn1C(C)C. The standard InChI is InChI=1S/C11H18BrN3O/c1-4-13-6-5-10(16)11-9(12)7-14-15(11)8(2)3/h7-8,13H,4-6H2,1-3H3. The Balaban J connectivity index is 2.77. The summed E-state index contributed by atoms with van der Waals surface area (Å²) in [5.74, 6) is 0.124. The van der Waals surface area contributed by atoms with Gasteiger partial charge in [0.2, 0.25) is 0 Å². The number of nitrogens with one attached hydrogen (secondary N) is 1. The van der Waals surface area contributed by atoms with Gasteiger partial charge in [-0.2, -0.15) is 5.10 Å². The number of aromatic nitrogens is 2. The molecular formula is C11H18BrN3O. The Labute approximate surface area is 105 Å². The highest BCUT2D eigenvalue weighted by atomic mass is 79.9. The van der Waals surface area contributed by atoms with E-state index >= 15 is 0 Å². The van der Waals surface area contributed by atoms with E-state index in [0.29, 0.717) is 18.7 Å². The van der Waals surface area contributed by atoms with E-state index in [1.807, 2.05) is 20.8 Å². The van der Waals surface area contributed by atoms with E-state index in [1.165, 1.54) is 0 Å². The highest BCUT2D eigenvalue weighted by Gasteiger charge is 2.17. The quantitative estimate of drug-likeness (QED) is 0.646. The molecule has 0 spiro atoms. The van der Waals surface area contributed by atoms with Crippen molar-refractivity contribution in [1.29, 1.82) is 0 Å². The summed E-state index contributed by atoms with van der Waals surface area (Å²) in [6.07, 6.45) is 2.19. The number of hydrogen-bond donors (Lipinski definition) is 1. The van der Waals surface area contributed by atoms with Crippen molar-refractivity contribution in [2.45, 2.75) is 33.2 Å². The molecule has 1 heterocycles. The molecule has 0 aromatic carbocycles. The Kier molecular flexibility index (Phi) is 5.15. The highest BCUT2D eigenvalue weighted by molar-refractivity contribution is 9.10. The maximum absolute atomic E-state index is 12.0. The van der Waals surface area contributed by atoms with Crippen molar-refractivity contribution in [1.82, 2.24) is 15.1 Å². The van der Waals surface area contributed by atoms with Crippen LogP contribution < -0.4 is 5.32 Å². The predicted octanol–water partition coefficient (Wildman–Crippen LogP) is 2.41. The van der Waals surface area contributed by atoms with Crippen molar-refractivity contribution in [2.24, 2.45) is 0 Å². The van der Waals surface area contributed by atoms with E-state index in [4.69, 9.17) is 0 Å². The molecule has 0 amide bonds. The van der Waals surface area contributed by atoms with Gasteiger partial charge in [0.05, 0.1) is 10.7 Å². The summed E-state index contributed by atoms with van der Waals surface area (Å²) in [6, 6.07) is 0.199. The summed E-state index contributed by atoms with van der Waals surface area (Å²) >= 11 is 3.37. The number of hydrogen-bond acceptors (Lipinski definition) is 3. The van der Waals surface area contributed by atoms with Crippen LogP contribution in [-0.2, 0) is 0 Å². The molecule has 0 fully saturated rings. The van der Waals surface area contributed by atoms with Gasteiger partial charge in [-0.25, -0.2) is 0 Å². The Morgan fingerprint density at radius 1 is 1.62 bits per heavy atom. The van der Waals surface area contributed by atoms with Crippen molar-refractivity contribution in [2.75, 3.05) is 13.1 Å². The van der Waals surface area contributed by atoms with Gasteiger partial charge in [-0.05, 0) is 36.3 Å². The molecule has 4 nitrogen and oxygen atoms in total. The highest BCUT2D eigenvalue weighted by Crippen LogP contribution is 2.20. The summed E-state index contributed by atoms with van der Waals surface area (Å²) < 4.78 is 2.54. The normalized spacial score (nSPS) is 11.1. The Bertz CT molecular complexity index is 360. The fraction of sp³-hybridized carbons (Fsp3) is 0.636. The molecular weight excluding hydrogens is 270 g/mol. The molecule has 1 rings (SSSR count). The number of carbonyl (C=O) groups excluding carboxylic acids is 1. The lowest BCUT2D eigenvalue weighted by Gasteiger charge is -2.10. The van der Waals surface area contributed by atoms with Crippen LogP contribution in [0.25, 0.3) is 0 Å². The lowest BCUT2D eigenvalue weighted by molar-refractivity contribution is 0.0969. The fourth-order valence-electron chi connectivity index (χ4n) is 1.49. The van der Waals surface area contributed by atoms with Gasteiger partial charge in [-0.1, -0.05) is 6.92 Å². The van der Waals surface area contributed by atoms with Gasteiger partial charge in [-0.15, -0.1) is 0 Å². The van der Waals surface area contributed by atoms with Crippen LogP contribution in [0.3, 0.4) is 0 Å². The van der Waals surface area contributed by atoms with Crippen molar-refractivity contribution < 1.29 is 4.79 Å². The lowest BCUT2D eigenvalue weighted by atomic mass is 10.2. The van der Waals surface area contributed by atoms with E-state index < -0.39 is 0 Å². The topological polar surface area (TPSA) is 46.9 Å². The minimum absolute atomic E-state index is 0.124. The average Bonchev–Trinajstić information content (AvgIpc) is 2.60. The van der Waals surface area contributed by atoms with E-state index in [2.05, 4.69) is 26.3 Å². The van der Waals surface area contributed by atoms with Crippen LogP contribution in [0.4, 0.5) is 0 Å². The number of halogens is 1. The molecule has 16 heavy (non-hydrogen) atoms. The summed E-state index contributed by atoms with van der Waals surface area (Å²) in [6.45, 7) is 7.66. The van der Waals surface area contributed by atoms with E-state index in [1.54, 1.807) is 10.9 Å². The number of carbonyl (C=O) groups is 1. The third kappa shape index (κ3) is 3.15. The van der Waals surface area contributed by atoms with Crippen LogP contribution in [-0.4, -0.2) is 28.7 Å². The molecule has 1 N–H and O–H groups in total. The molecule has 0 aliphatic heterocycles. The van der Waals surface area contributed by atoms with Gasteiger partial charge in [0.1, 0.15) is 5.69 Å². The number of rotatable bonds is 6. The Morgan fingerprint density at radius 2 is 2.31 bits per heavy atom. The van der Waals surface area contributed by atoms with E-state index in [0.717, 1.165) is 11.0 Å². The molecule has 0 bridgehead atoms. The second kappa shape index (κ2) is 6.15. The second-order valence-corrected chi connectivity index (χ2v) is 4.76. The van der Waals surface area contributed by atoms with Gasteiger partial charge < -0.3 is 5.32 Å². The van der Waals surface area contributed by atoms with Gasteiger partial charge >= 0.3 is 0 Å². The lowest BCUT2D eigenvalue weighted by Crippen LogP contribution is -2.20. The zero-order valence-corrected chi connectivity index (χ0v) is 11.5. The molecule has 0 atom stereocenters. The van der Waals surface area contributed by atoms with Crippen molar-refractivity contribution in [3.8, 4) is 0 Å². The monoisotopic (exact) mass is 287 g/mol. The molecule has 0 aliphatic carbocycles. The Morgan fingerprint density at radius 3 is 2.88 bits per heavy atom. The van der Waals surface area contributed by atoms with Crippen LogP contribution in [0.2, 0.25) is 0 Å². The van der Waals surface area contributed by atoms with Crippen molar-refractivity contribution in [3.05, 3.63) is 16.4 Å². The first-order chi connectivity index (χ1) is 7.57. The third-order valence-electron chi connectivity index (χ3n) is 2.28. The van der Waals surface area contributed by atoms with E-state index in [9.17, 15) is 4.79 Å². The van der Waals surface area contributed by atoms with E-state index in [-0.39, 0.29) is 11.8 Å². The smallest absolute Gasteiger partial charge is 0.183 e. The zero-order chi connectivity index (χ0) is 12.1. The van der Waals surface area contributed by atoms with Gasteiger partial charge in [0, 0.05) is 19.0 Å². The first kappa shape index (κ1) is 13.4. The summed E-state index contributed by atoms with van der Waals surface area (Å²) in [7, 11) is 0. The average molecular weight is 288 g/mol. The number of Topliss-reactive ketones (excluding diaryl/α,β-unsaturated/α-hetero) is 1. The molecule has 0 radical (unpaired) electrons. The van der Waals surface area contributed by atoms with Crippen LogP contribution >= 0.6 is 15.9 Å². The molecule has 0 unspecified atom stereocenters. The van der Waals surface area contributed by atoms with Crippen LogP contribution in [0.15, 0.2) is 10.7 Å². The number of ketones is 1. The van der Waals surface area contributed by atoms with Gasteiger partial charge in [0.15, 0.2) is 5.78 Å². The predicted molar refractivity (Wildman–Crippen MR) is 67.8 cm³/mol. The maximum atomic E-state index is 12.0.